The fourth-order valence-electron chi connectivity index (χ4n) is 1.28. The van der Waals surface area contributed by atoms with E-state index in [0.29, 0.717) is 17.3 Å². The molecule has 0 saturated heterocycles. The van der Waals surface area contributed by atoms with Crippen LogP contribution in [0.2, 0.25) is 5.02 Å². The first-order valence-electron chi connectivity index (χ1n) is 4.19. The van der Waals surface area contributed by atoms with Gasteiger partial charge in [-0.25, -0.2) is 4.98 Å². The number of hydrogen-bond donors (Lipinski definition) is 1. The first-order valence-corrected chi connectivity index (χ1v) is 4.57. The zero-order chi connectivity index (χ0) is 9.97. The van der Waals surface area contributed by atoms with Crippen molar-refractivity contribution in [1.29, 1.82) is 0 Å². The summed E-state index contributed by atoms with van der Waals surface area (Å²) in [6, 6.07) is 7.40. The highest BCUT2D eigenvalue weighted by atomic mass is 35.5. The topological polar surface area (TPSA) is 52.0 Å². The maximum atomic E-state index is 5.86. The van der Waals surface area contributed by atoms with Crippen molar-refractivity contribution in [3.05, 3.63) is 41.4 Å². The Morgan fingerprint density at radius 3 is 3.00 bits per heavy atom. The van der Waals surface area contributed by atoms with Gasteiger partial charge < -0.3 is 10.2 Å². The number of aromatic nitrogens is 1. The van der Waals surface area contributed by atoms with Crippen LogP contribution in [0.25, 0.3) is 11.3 Å². The molecule has 0 aliphatic rings. The first-order chi connectivity index (χ1) is 6.81. The number of nitrogens with two attached hydrogens (primary N) is 1. The van der Waals surface area contributed by atoms with Crippen LogP contribution in [-0.4, -0.2) is 4.98 Å². The molecule has 0 aliphatic heterocycles. The molecule has 0 atom stereocenters. The van der Waals surface area contributed by atoms with Crippen molar-refractivity contribution < 1.29 is 4.42 Å². The van der Waals surface area contributed by atoms with Crippen molar-refractivity contribution in [2.24, 2.45) is 5.73 Å². The van der Waals surface area contributed by atoms with E-state index in [2.05, 4.69) is 4.98 Å². The summed E-state index contributed by atoms with van der Waals surface area (Å²) in [6.45, 7) is 0.359. The Morgan fingerprint density at radius 1 is 1.43 bits per heavy atom. The molecule has 1 heterocycles. The van der Waals surface area contributed by atoms with Gasteiger partial charge in [0.2, 0.25) is 0 Å². The molecule has 72 valence electrons. The lowest BCUT2D eigenvalue weighted by Crippen LogP contribution is -1.97. The average molecular weight is 209 g/mol. The minimum atomic E-state index is 0.359. The van der Waals surface area contributed by atoms with Crippen LogP contribution in [0, 0.1) is 0 Å². The van der Waals surface area contributed by atoms with E-state index in [1.54, 1.807) is 0 Å². The summed E-state index contributed by atoms with van der Waals surface area (Å²) in [7, 11) is 0. The molecule has 4 heteroatoms. The third kappa shape index (κ3) is 1.64. The Kier molecular flexibility index (Phi) is 2.52. The lowest BCUT2D eigenvalue weighted by molar-refractivity contribution is 0.571. The van der Waals surface area contributed by atoms with Gasteiger partial charge in [-0.2, -0.15) is 0 Å². The maximum absolute atomic E-state index is 5.86. The highest BCUT2D eigenvalue weighted by Crippen LogP contribution is 2.25. The number of oxazole rings is 1. The monoisotopic (exact) mass is 208 g/mol. The molecule has 1 aromatic carbocycles. The Labute approximate surface area is 86.5 Å². The van der Waals surface area contributed by atoms with Crippen LogP contribution >= 0.6 is 11.6 Å². The van der Waals surface area contributed by atoms with E-state index in [9.17, 15) is 0 Å². The van der Waals surface area contributed by atoms with E-state index in [1.807, 2.05) is 24.3 Å². The van der Waals surface area contributed by atoms with Crippen LogP contribution in [0.15, 0.2) is 35.1 Å². The highest BCUT2D eigenvalue weighted by Gasteiger charge is 2.08. The van der Waals surface area contributed by atoms with Gasteiger partial charge in [-0.05, 0) is 12.1 Å². The Balaban J connectivity index is 2.49. The second-order valence-electron chi connectivity index (χ2n) is 2.84. The molecule has 0 bridgehead atoms. The Hall–Kier alpha value is -1.32. The van der Waals surface area contributed by atoms with Gasteiger partial charge in [0.25, 0.3) is 0 Å². The fourth-order valence-corrected chi connectivity index (χ4v) is 1.47. The summed E-state index contributed by atoms with van der Waals surface area (Å²) in [4.78, 5) is 4.01. The summed E-state index contributed by atoms with van der Waals surface area (Å²) in [6.07, 6.45) is 1.39. The quantitative estimate of drug-likeness (QED) is 0.825. The number of benzene rings is 1. The molecular formula is C10H9ClN2O. The van der Waals surface area contributed by atoms with Gasteiger partial charge in [-0.1, -0.05) is 23.7 Å². The van der Waals surface area contributed by atoms with Crippen molar-refractivity contribution in [1.82, 2.24) is 4.98 Å². The second kappa shape index (κ2) is 3.82. The van der Waals surface area contributed by atoms with Crippen LogP contribution in [0.5, 0.6) is 0 Å². The summed E-state index contributed by atoms with van der Waals surface area (Å²) in [5.41, 5.74) is 7.16. The molecular weight excluding hydrogens is 200 g/mol. The molecule has 0 amide bonds. The van der Waals surface area contributed by atoms with Crippen LogP contribution in [0.1, 0.15) is 5.69 Å². The lowest BCUT2D eigenvalue weighted by atomic mass is 10.1. The van der Waals surface area contributed by atoms with Crippen LogP contribution < -0.4 is 5.73 Å². The van der Waals surface area contributed by atoms with Gasteiger partial charge in [0.15, 0.2) is 12.2 Å². The van der Waals surface area contributed by atoms with Crippen molar-refractivity contribution in [2.45, 2.75) is 6.54 Å². The second-order valence-corrected chi connectivity index (χ2v) is 3.28. The lowest BCUT2D eigenvalue weighted by Gasteiger charge is -1.99. The number of halogens is 1. The molecule has 0 unspecified atom stereocenters. The van der Waals surface area contributed by atoms with Gasteiger partial charge in [0.05, 0.1) is 0 Å². The SMILES string of the molecule is NCc1ncoc1-c1cccc(Cl)c1. The van der Waals surface area contributed by atoms with Gasteiger partial charge >= 0.3 is 0 Å². The predicted octanol–water partition coefficient (Wildman–Crippen LogP) is 2.45. The molecule has 0 aliphatic carbocycles. The molecule has 0 radical (unpaired) electrons. The van der Waals surface area contributed by atoms with Crippen LogP contribution in [-0.2, 0) is 6.54 Å². The van der Waals surface area contributed by atoms with E-state index in [1.165, 1.54) is 6.39 Å². The average Bonchev–Trinajstić information content (AvgIpc) is 2.65. The molecule has 3 nitrogen and oxygen atoms in total. The number of nitrogens with zero attached hydrogens (tertiary/aromatic N) is 1. The molecule has 2 N–H and O–H groups in total. The highest BCUT2D eigenvalue weighted by molar-refractivity contribution is 6.30. The van der Waals surface area contributed by atoms with Gasteiger partial charge in [-0.15, -0.1) is 0 Å². The van der Waals surface area contributed by atoms with E-state index < -0.39 is 0 Å². The summed E-state index contributed by atoms with van der Waals surface area (Å²) in [5, 5.41) is 0.668. The number of rotatable bonds is 2. The maximum Gasteiger partial charge on any atom is 0.181 e. The summed E-state index contributed by atoms with van der Waals surface area (Å²) < 4.78 is 5.25. The normalized spacial score (nSPS) is 10.4. The van der Waals surface area contributed by atoms with Crippen molar-refractivity contribution >= 4 is 11.6 Å². The Morgan fingerprint density at radius 2 is 2.29 bits per heavy atom. The van der Waals surface area contributed by atoms with E-state index >= 15 is 0 Å². The molecule has 0 spiro atoms. The van der Waals surface area contributed by atoms with Gasteiger partial charge in [0.1, 0.15) is 5.69 Å². The largest absolute Gasteiger partial charge is 0.443 e. The third-order valence-corrected chi connectivity index (χ3v) is 2.16. The zero-order valence-electron chi connectivity index (χ0n) is 7.40. The Bertz CT molecular complexity index is 439. The third-order valence-electron chi connectivity index (χ3n) is 1.92. The van der Waals surface area contributed by atoms with E-state index in [4.69, 9.17) is 21.8 Å². The zero-order valence-corrected chi connectivity index (χ0v) is 8.16. The molecule has 2 rings (SSSR count). The molecule has 14 heavy (non-hydrogen) atoms. The van der Waals surface area contributed by atoms with E-state index in [-0.39, 0.29) is 0 Å². The molecule has 0 saturated carbocycles. The minimum Gasteiger partial charge on any atom is -0.443 e. The fraction of sp³-hybridized carbons (Fsp3) is 0.100. The van der Waals surface area contributed by atoms with Crippen molar-refractivity contribution in [2.75, 3.05) is 0 Å². The van der Waals surface area contributed by atoms with Crippen molar-refractivity contribution in [3.8, 4) is 11.3 Å². The molecule has 2 aromatic rings. The molecule has 1 aromatic heterocycles. The minimum absolute atomic E-state index is 0.359. The van der Waals surface area contributed by atoms with Crippen LogP contribution in [0.4, 0.5) is 0 Å². The predicted molar refractivity (Wildman–Crippen MR) is 54.8 cm³/mol. The summed E-state index contributed by atoms with van der Waals surface area (Å²) in [5.74, 6) is 0.690. The van der Waals surface area contributed by atoms with Gasteiger partial charge in [0, 0.05) is 17.1 Å². The summed E-state index contributed by atoms with van der Waals surface area (Å²) >= 11 is 5.86. The first kappa shape index (κ1) is 9.24. The number of hydrogen-bond acceptors (Lipinski definition) is 3. The van der Waals surface area contributed by atoms with Gasteiger partial charge in [-0.3, -0.25) is 0 Å². The molecule has 0 fully saturated rings. The van der Waals surface area contributed by atoms with Crippen molar-refractivity contribution in [3.63, 3.8) is 0 Å². The van der Waals surface area contributed by atoms with E-state index in [0.717, 1.165) is 11.3 Å². The standard InChI is InChI=1S/C10H9ClN2O/c11-8-3-1-2-7(4-8)10-9(5-12)13-6-14-10/h1-4,6H,5,12H2. The van der Waals surface area contributed by atoms with Crippen LogP contribution in [0.3, 0.4) is 0 Å². The smallest absolute Gasteiger partial charge is 0.181 e.